The number of aliphatic carboxylic acids is 1. The van der Waals surface area contributed by atoms with E-state index in [9.17, 15) is 14.7 Å². The van der Waals surface area contributed by atoms with Crippen molar-refractivity contribution in [2.75, 3.05) is 39.4 Å². The minimum atomic E-state index is -0.870. The Bertz CT molecular complexity index is 646. The molecular formula is C17H26N4O4. The second-order valence-corrected chi connectivity index (χ2v) is 7.02. The average molecular weight is 350 g/mol. The summed E-state index contributed by atoms with van der Waals surface area (Å²) in [5, 5.41) is 9.88. The number of imidazole rings is 1. The number of fused-ring (bicyclic) bond motifs is 1. The lowest BCUT2D eigenvalue weighted by molar-refractivity contribution is -0.149. The summed E-state index contributed by atoms with van der Waals surface area (Å²) in [5.41, 5.74) is 1.09. The molecule has 0 unspecified atom stereocenters. The molecule has 138 valence electrons. The van der Waals surface area contributed by atoms with Crippen LogP contribution in [0.5, 0.6) is 0 Å². The van der Waals surface area contributed by atoms with Crippen LogP contribution in [0.3, 0.4) is 0 Å². The van der Waals surface area contributed by atoms with Gasteiger partial charge in [0.2, 0.25) is 5.91 Å². The van der Waals surface area contributed by atoms with Crippen molar-refractivity contribution < 1.29 is 19.4 Å². The first-order valence-corrected chi connectivity index (χ1v) is 8.76. The summed E-state index contributed by atoms with van der Waals surface area (Å²) in [6.07, 6.45) is 1.97. The first-order chi connectivity index (χ1) is 12.0. The van der Waals surface area contributed by atoms with E-state index in [2.05, 4.69) is 14.9 Å². The quantitative estimate of drug-likeness (QED) is 0.695. The molecule has 2 aliphatic rings. The van der Waals surface area contributed by atoms with Gasteiger partial charge in [-0.3, -0.25) is 14.5 Å². The fourth-order valence-electron chi connectivity index (χ4n) is 4.00. The van der Waals surface area contributed by atoms with Crippen LogP contribution in [0.2, 0.25) is 0 Å². The Labute approximate surface area is 147 Å². The number of carbonyl (C=O) groups is 2. The zero-order chi connectivity index (χ0) is 18.0. The Morgan fingerprint density at radius 1 is 1.44 bits per heavy atom. The fourth-order valence-corrected chi connectivity index (χ4v) is 4.00. The summed E-state index contributed by atoms with van der Waals surface area (Å²) in [5.74, 6) is -0.864. The third-order valence-corrected chi connectivity index (χ3v) is 5.43. The van der Waals surface area contributed by atoms with Crippen LogP contribution in [0.4, 0.5) is 0 Å². The molecule has 1 aromatic rings. The predicted octanol–water partition coefficient (Wildman–Crippen LogP) is 0.490. The lowest BCUT2D eigenvalue weighted by atomic mass is 9.81. The molecule has 3 rings (SSSR count). The van der Waals surface area contributed by atoms with Gasteiger partial charge in [-0.05, 0) is 13.8 Å². The van der Waals surface area contributed by atoms with Crippen molar-refractivity contribution >= 4 is 11.9 Å². The second kappa shape index (κ2) is 7.13. The fraction of sp³-hybridized carbons (Fsp3) is 0.706. The maximum Gasteiger partial charge on any atom is 0.313 e. The highest BCUT2D eigenvalue weighted by Crippen LogP contribution is 2.43. The van der Waals surface area contributed by atoms with E-state index in [1.807, 2.05) is 13.8 Å². The van der Waals surface area contributed by atoms with E-state index < -0.39 is 11.4 Å². The summed E-state index contributed by atoms with van der Waals surface area (Å²) >= 11 is 0. The number of nitrogens with one attached hydrogen (secondary N) is 1. The number of amides is 1. The molecule has 0 aliphatic carbocycles. The lowest BCUT2D eigenvalue weighted by Crippen LogP contribution is -2.42. The number of nitrogens with zero attached hydrogens (tertiary/aromatic N) is 3. The number of aromatic nitrogens is 2. The lowest BCUT2D eigenvalue weighted by Gasteiger charge is -2.25. The smallest absolute Gasteiger partial charge is 0.313 e. The molecule has 0 spiro atoms. The number of hydrogen-bond donors (Lipinski definition) is 2. The van der Waals surface area contributed by atoms with Crippen molar-refractivity contribution in [3.63, 3.8) is 0 Å². The van der Waals surface area contributed by atoms with Crippen LogP contribution in [-0.2, 0) is 20.9 Å². The molecule has 25 heavy (non-hydrogen) atoms. The van der Waals surface area contributed by atoms with Gasteiger partial charge in [0.05, 0.1) is 25.0 Å². The minimum absolute atomic E-state index is 0.0156. The standard InChI is InChI=1S/C17H26N4O4/c1-3-25-5-4-15(22)21-7-13-6-20(8-14-12(2)18-11-19-14)9-17(13,10-21)16(23)24/h11,13H,3-10H2,1-2H3,(H,18,19)(H,23,24)/t13-,17-/m0/s1. The molecule has 2 atom stereocenters. The monoisotopic (exact) mass is 350 g/mol. The van der Waals surface area contributed by atoms with Crippen molar-refractivity contribution in [2.45, 2.75) is 26.8 Å². The Kier molecular flexibility index (Phi) is 5.10. The van der Waals surface area contributed by atoms with Crippen molar-refractivity contribution in [2.24, 2.45) is 11.3 Å². The Hall–Kier alpha value is -1.93. The van der Waals surface area contributed by atoms with Crippen molar-refractivity contribution in [1.82, 2.24) is 19.8 Å². The molecule has 8 heteroatoms. The topological polar surface area (TPSA) is 98.8 Å². The van der Waals surface area contributed by atoms with E-state index in [4.69, 9.17) is 4.74 Å². The van der Waals surface area contributed by atoms with Crippen LogP contribution in [0, 0.1) is 18.3 Å². The van der Waals surface area contributed by atoms with Gasteiger partial charge >= 0.3 is 5.97 Å². The van der Waals surface area contributed by atoms with Gasteiger partial charge in [0.25, 0.3) is 0 Å². The van der Waals surface area contributed by atoms with Gasteiger partial charge in [0.1, 0.15) is 5.41 Å². The van der Waals surface area contributed by atoms with E-state index in [1.54, 1.807) is 11.2 Å². The van der Waals surface area contributed by atoms with Crippen molar-refractivity contribution in [1.29, 1.82) is 0 Å². The molecular weight excluding hydrogens is 324 g/mol. The van der Waals surface area contributed by atoms with Crippen LogP contribution < -0.4 is 0 Å². The summed E-state index contributed by atoms with van der Waals surface area (Å²) in [6.45, 7) is 7.38. The maximum atomic E-state index is 12.3. The summed E-state index contributed by atoms with van der Waals surface area (Å²) in [6, 6.07) is 0. The molecule has 0 saturated carbocycles. The van der Waals surface area contributed by atoms with E-state index in [-0.39, 0.29) is 18.4 Å². The molecule has 0 aromatic carbocycles. The van der Waals surface area contributed by atoms with Gasteiger partial charge in [-0.2, -0.15) is 0 Å². The van der Waals surface area contributed by atoms with Gasteiger partial charge in [-0.15, -0.1) is 0 Å². The second-order valence-electron chi connectivity index (χ2n) is 7.02. The average Bonchev–Trinajstić information content (AvgIpc) is 3.21. The molecule has 1 amide bonds. The highest BCUT2D eigenvalue weighted by atomic mass is 16.5. The van der Waals surface area contributed by atoms with Gasteiger partial charge in [0, 0.05) is 50.9 Å². The number of rotatable bonds is 7. The van der Waals surface area contributed by atoms with Gasteiger partial charge in [0.15, 0.2) is 0 Å². The number of ether oxygens (including phenoxy) is 1. The van der Waals surface area contributed by atoms with Crippen LogP contribution in [0.1, 0.15) is 24.7 Å². The normalized spacial score (nSPS) is 26.2. The van der Waals surface area contributed by atoms with E-state index >= 15 is 0 Å². The number of hydrogen-bond acceptors (Lipinski definition) is 5. The summed E-state index contributed by atoms with van der Waals surface area (Å²) in [4.78, 5) is 35.6. The largest absolute Gasteiger partial charge is 0.481 e. The molecule has 2 fully saturated rings. The number of carbonyl (C=O) groups excluding carboxylic acids is 1. The number of aromatic amines is 1. The molecule has 8 nitrogen and oxygen atoms in total. The SMILES string of the molecule is CCOCCC(=O)N1C[C@@H]2CN(Cc3nc[nH]c3C)C[C@]2(C(=O)O)C1. The molecule has 1 aromatic heterocycles. The molecule has 0 bridgehead atoms. The van der Waals surface area contributed by atoms with Crippen molar-refractivity contribution in [3.8, 4) is 0 Å². The Balaban J connectivity index is 1.65. The molecule has 2 saturated heterocycles. The zero-order valence-electron chi connectivity index (χ0n) is 14.8. The molecule has 3 heterocycles. The zero-order valence-corrected chi connectivity index (χ0v) is 14.8. The van der Waals surface area contributed by atoms with E-state index in [0.717, 1.165) is 11.4 Å². The van der Waals surface area contributed by atoms with Crippen molar-refractivity contribution in [3.05, 3.63) is 17.7 Å². The van der Waals surface area contributed by atoms with Crippen LogP contribution in [-0.4, -0.2) is 76.1 Å². The predicted molar refractivity (Wildman–Crippen MR) is 89.9 cm³/mol. The number of aryl methyl sites for hydroxylation is 1. The molecule has 0 radical (unpaired) electrons. The third-order valence-electron chi connectivity index (χ3n) is 5.43. The summed E-state index contributed by atoms with van der Waals surface area (Å²) < 4.78 is 5.24. The Morgan fingerprint density at radius 3 is 2.84 bits per heavy atom. The highest BCUT2D eigenvalue weighted by molar-refractivity contribution is 5.81. The van der Waals surface area contributed by atoms with E-state index in [1.165, 1.54) is 0 Å². The van der Waals surface area contributed by atoms with Crippen LogP contribution >= 0.6 is 0 Å². The number of carboxylic acids is 1. The van der Waals surface area contributed by atoms with Gasteiger partial charge in [-0.1, -0.05) is 0 Å². The first kappa shape index (κ1) is 17.9. The number of carboxylic acid groups (broad SMARTS) is 1. The van der Waals surface area contributed by atoms with E-state index in [0.29, 0.717) is 45.8 Å². The highest BCUT2D eigenvalue weighted by Gasteiger charge is 2.58. The third kappa shape index (κ3) is 3.41. The number of likely N-dealkylation sites (tertiary alicyclic amines) is 2. The molecule has 2 aliphatic heterocycles. The van der Waals surface area contributed by atoms with Crippen LogP contribution in [0.25, 0.3) is 0 Å². The summed E-state index contributed by atoms with van der Waals surface area (Å²) in [7, 11) is 0. The van der Waals surface area contributed by atoms with Gasteiger partial charge < -0.3 is 19.7 Å². The van der Waals surface area contributed by atoms with Gasteiger partial charge in [-0.25, -0.2) is 4.98 Å². The Morgan fingerprint density at radius 2 is 2.24 bits per heavy atom. The maximum absolute atomic E-state index is 12.3. The minimum Gasteiger partial charge on any atom is -0.481 e. The molecule has 2 N–H and O–H groups in total. The number of H-pyrrole nitrogens is 1. The van der Waals surface area contributed by atoms with Crippen LogP contribution in [0.15, 0.2) is 6.33 Å². The first-order valence-electron chi connectivity index (χ1n) is 8.76.